The zero-order chi connectivity index (χ0) is 19.3. The van der Waals surface area contributed by atoms with E-state index < -0.39 is 0 Å². The molecular formula is C20H32N4O2. The van der Waals surface area contributed by atoms with Crippen LogP contribution in [0.25, 0.3) is 0 Å². The molecule has 0 spiro atoms. The molecule has 6 heteroatoms. The largest absolute Gasteiger partial charge is 0.369 e. The fourth-order valence-electron chi connectivity index (χ4n) is 3.22. The van der Waals surface area contributed by atoms with Gasteiger partial charge in [-0.25, -0.2) is 0 Å². The summed E-state index contributed by atoms with van der Waals surface area (Å²) in [5.41, 5.74) is 1.70. The number of rotatable bonds is 5. The van der Waals surface area contributed by atoms with E-state index in [0.29, 0.717) is 6.54 Å². The first kappa shape index (κ1) is 20.2. The maximum Gasteiger partial charge on any atom is 0.226 e. The molecule has 0 unspecified atom stereocenters. The van der Waals surface area contributed by atoms with Crippen LogP contribution >= 0.6 is 0 Å². The minimum atomic E-state index is -0.281. The number of carbonyl (C=O) groups excluding carboxylic acids is 2. The van der Waals surface area contributed by atoms with Crippen molar-refractivity contribution in [3.8, 4) is 0 Å². The molecule has 26 heavy (non-hydrogen) atoms. The van der Waals surface area contributed by atoms with Crippen molar-refractivity contribution in [3.05, 3.63) is 24.3 Å². The van der Waals surface area contributed by atoms with Crippen LogP contribution in [0.15, 0.2) is 24.3 Å². The van der Waals surface area contributed by atoms with Gasteiger partial charge in [-0.15, -0.1) is 0 Å². The Morgan fingerprint density at radius 1 is 1.08 bits per heavy atom. The fourth-order valence-corrected chi connectivity index (χ4v) is 3.22. The van der Waals surface area contributed by atoms with Crippen molar-refractivity contribution < 1.29 is 9.59 Å². The highest BCUT2D eigenvalue weighted by molar-refractivity contribution is 5.91. The van der Waals surface area contributed by atoms with Crippen LogP contribution in [0.4, 0.5) is 11.4 Å². The molecule has 0 atom stereocenters. The van der Waals surface area contributed by atoms with Crippen molar-refractivity contribution >= 4 is 23.2 Å². The lowest BCUT2D eigenvalue weighted by atomic mass is 10.1. The molecule has 1 N–H and O–H groups in total. The van der Waals surface area contributed by atoms with E-state index in [1.807, 2.05) is 32.9 Å². The van der Waals surface area contributed by atoms with E-state index in [-0.39, 0.29) is 23.8 Å². The molecule has 0 saturated carbocycles. The minimum absolute atomic E-state index is 0.0122. The summed E-state index contributed by atoms with van der Waals surface area (Å²) in [5, 5.41) is 2.92. The molecule has 0 bridgehead atoms. The number of piperazine rings is 1. The van der Waals surface area contributed by atoms with E-state index >= 15 is 0 Å². The number of amides is 2. The smallest absolute Gasteiger partial charge is 0.226 e. The number of likely N-dealkylation sites (N-methyl/N-ethyl adjacent to an activating group) is 1. The highest BCUT2D eigenvalue weighted by Crippen LogP contribution is 2.20. The van der Waals surface area contributed by atoms with Crippen LogP contribution in [-0.2, 0) is 9.59 Å². The lowest BCUT2D eigenvalue weighted by molar-refractivity contribution is -0.134. The van der Waals surface area contributed by atoms with E-state index in [1.54, 1.807) is 11.8 Å². The topological polar surface area (TPSA) is 55.9 Å². The molecule has 0 aliphatic carbocycles. The van der Waals surface area contributed by atoms with Crippen LogP contribution in [-0.4, -0.2) is 66.9 Å². The van der Waals surface area contributed by atoms with Gasteiger partial charge in [-0.05, 0) is 52.1 Å². The van der Waals surface area contributed by atoms with Crippen LogP contribution in [0.5, 0.6) is 0 Å². The van der Waals surface area contributed by atoms with Crippen molar-refractivity contribution in [2.24, 2.45) is 0 Å². The Labute approximate surface area is 157 Å². The van der Waals surface area contributed by atoms with Crippen LogP contribution in [0, 0.1) is 0 Å². The summed E-state index contributed by atoms with van der Waals surface area (Å²) in [5.74, 6) is -0.0883. The van der Waals surface area contributed by atoms with Crippen LogP contribution < -0.4 is 10.2 Å². The molecule has 1 aromatic rings. The standard InChI is InChI=1S/C20H32N4O2/c1-16(25)24(20(2,3)4)11-10-19(26)21-17-6-8-18(9-7-17)23-14-12-22(5)13-15-23/h6-9H,10-15H2,1-5H3,(H,21,26). The fraction of sp³-hybridized carbons (Fsp3) is 0.600. The van der Waals surface area contributed by atoms with Crippen LogP contribution in [0.3, 0.4) is 0 Å². The third-order valence-electron chi connectivity index (χ3n) is 4.77. The molecule has 1 aromatic carbocycles. The second-order valence-electron chi connectivity index (χ2n) is 7.98. The molecule has 2 rings (SSSR count). The van der Waals surface area contributed by atoms with Crippen LogP contribution in [0.1, 0.15) is 34.1 Å². The number of benzene rings is 1. The average molecular weight is 361 g/mol. The number of nitrogens with one attached hydrogen (secondary N) is 1. The Morgan fingerprint density at radius 3 is 2.15 bits per heavy atom. The summed E-state index contributed by atoms with van der Waals surface area (Å²) in [7, 11) is 2.14. The third-order valence-corrected chi connectivity index (χ3v) is 4.77. The zero-order valence-corrected chi connectivity index (χ0v) is 16.7. The summed E-state index contributed by atoms with van der Waals surface area (Å²) >= 11 is 0. The molecule has 2 amide bonds. The molecule has 1 saturated heterocycles. The van der Waals surface area contributed by atoms with Crippen molar-refractivity contribution in [1.29, 1.82) is 0 Å². The van der Waals surface area contributed by atoms with Crippen molar-refractivity contribution in [2.45, 2.75) is 39.7 Å². The molecule has 1 fully saturated rings. The molecule has 0 aromatic heterocycles. The number of hydrogen-bond acceptors (Lipinski definition) is 4. The Hall–Kier alpha value is -2.08. The van der Waals surface area contributed by atoms with Gasteiger partial charge in [0.25, 0.3) is 0 Å². The maximum atomic E-state index is 12.2. The van der Waals surface area contributed by atoms with Gasteiger partial charge in [-0.3, -0.25) is 9.59 Å². The Kier molecular flexibility index (Phi) is 6.64. The van der Waals surface area contributed by atoms with Gasteiger partial charge in [0.05, 0.1) is 0 Å². The Balaban J connectivity index is 1.86. The van der Waals surface area contributed by atoms with Crippen molar-refractivity contribution in [2.75, 3.05) is 50.0 Å². The zero-order valence-electron chi connectivity index (χ0n) is 16.7. The third kappa shape index (κ3) is 5.73. The highest BCUT2D eigenvalue weighted by Gasteiger charge is 2.24. The lowest BCUT2D eigenvalue weighted by Crippen LogP contribution is -2.45. The Bertz CT molecular complexity index is 614. The number of anilines is 2. The minimum Gasteiger partial charge on any atom is -0.369 e. The van der Waals surface area contributed by atoms with Gasteiger partial charge in [-0.1, -0.05) is 0 Å². The summed E-state index contributed by atoms with van der Waals surface area (Å²) in [6.07, 6.45) is 0.289. The van der Waals surface area contributed by atoms with Gasteiger partial charge < -0.3 is 20.0 Å². The van der Waals surface area contributed by atoms with E-state index in [1.165, 1.54) is 5.69 Å². The number of nitrogens with zero attached hydrogens (tertiary/aromatic N) is 3. The van der Waals surface area contributed by atoms with E-state index in [9.17, 15) is 9.59 Å². The van der Waals surface area contributed by atoms with Gasteiger partial charge in [-0.2, -0.15) is 0 Å². The van der Waals surface area contributed by atoms with E-state index in [0.717, 1.165) is 31.9 Å². The SMILES string of the molecule is CC(=O)N(CCC(=O)Nc1ccc(N2CCN(C)CC2)cc1)C(C)(C)C. The molecular weight excluding hydrogens is 328 g/mol. The normalized spacial score (nSPS) is 15.7. The van der Waals surface area contributed by atoms with E-state index in [2.05, 4.69) is 34.3 Å². The first-order chi connectivity index (χ1) is 12.2. The summed E-state index contributed by atoms with van der Waals surface area (Å²) in [6.45, 7) is 12.1. The highest BCUT2D eigenvalue weighted by atomic mass is 16.2. The Morgan fingerprint density at radius 2 is 1.65 bits per heavy atom. The molecule has 144 valence electrons. The van der Waals surface area contributed by atoms with Gasteiger partial charge in [0, 0.05) is 63.0 Å². The second-order valence-corrected chi connectivity index (χ2v) is 7.98. The average Bonchev–Trinajstić information content (AvgIpc) is 2.55. The monoisotopic (exact) mass is 360 g/mol. The quantitative estimate of drug-likeness (QED) is 0.876. The van der Waals surface area contributed by atoms with Gasteiger partial charge in [0.1, 0.15) is 0 Å². The summed E-state index contributed by atoms with van der Waals surface area (Å²) in [4.78, 5) is 30.4. The first-order valence-electron chi connectivity index (χ1n) is 9.28. The lowest BCUT2D eigenvalue weighted by Gasteiger charge is -2.34. The molecule has 1 heterocycles. The van der Waals surface area contributed by atoms with Crippen LogP contribution in [0.2, 0.25) is 0 Å². The molecule has 6 nitrogen and oxygen atoms in total. The predicted octanol–water partition coefficient (Wildman–Crippen LogP) is 2.41. The first-order valence-corrected chi connectivity index (χ1v) is 9.28. The molecule has 1 aliphatic heterocycles. The predicted molar refractivity (Wildman–Crippen MR) is 107 cm³/mol. The van der Waals surface area contributed by atoms with Gasteiger partial charge in [0.15, 0.2) is 0 Å². The van der Waals surface area contributed by atoms with Crippen molar-refractivity contribution in [1.82, 2.24) is 9.80 Å². The van der Waals surface area contributed by atoms with E-state index in [4.69, 9.17) is 0 Å². The van der Waals surface area contributed by atoms with Crippen molar-refractivity contribution in [3.63, 3.8) is 0 Å². The van der Waals surface area contributed by atoms with Gasteiger partial charge >= 0.3 is 0 Å². The molecule has 0 radical (unpaired) electrons. The summed E-state index contributed by atoms with van der Waals surface area (Å²) in [6, 6.07) is 7.99. The maximum absolute atomic E-state index is 12.2. The number of carbonyl (C=O) groups is 2. The second kappa shape index (κ2) is 8.54. The summed E-state index contributed by atoms with van der Waals surface area (Å²) < 4.78 is 0. The number of hydrogen-bond donors (Lipinski definition) is 1. The van der Waals surface area contributed by atoms with Gasteiger partial charge in [0.2, 0.25) is 11.8 Å². The molecule has 1 aliphatic rings.